The summed E-state index contributed by atoms with van der Waals surface area (Å²) in [6.07, 6.45) is 15.8. The van der Waals surface area contributed by atoms with Gasteiger partial charge in [-0.3, -0.25) is 14.4 Å². The molecule has 0 unspecified atom stereocenters. The summed E-state index contributed by atoms with van der Waals surface area (Å²) in [5.41, 5.74) is -0.537. The number of amides is 2. The van der Waals surface area contributed by atoms with Gasteiger partial charge in [0.05, 0.1) is 6.10 Å². The van der Waals surface area contributed by atoms with Gasteiger partial charge in [0, 0.05) is 44.7 Å². The molecule has 1 atom stereocenters. The molecule has 2 heterocycles. The van der Waals surface area contributed by atoms with Crippen LogP contribution in [0.25, 0.3) is 0 Å². The fourth-order valence-corrected chi connectivity index (χ4v) is 4.66. The Kier molecular flexibility index (Phi) is 9.48. The number of carbonyl (C=O) groups is 2. The fraction of sp³-hybridized carbons (Fsp3) is 0.577. The Morgan fingerprint density at radius 1 is 1.00 bits per heavy atom. The van der Waals surface area contributed by atoms with Gasteiger partial charge in [0.25, 0.3) is 11.8 Å². The predicted octanol–water partition coefficient (Wildman–Crippen LogP) is 3.68. The number of aromatic nitrogens is 1. The molecule has 1 aromatic rings. The van der Waals surface area contributed by atoms with Crippen molar-refractivity contribution in [2.24, 2.45) is 0 Å². The van der Waals surface area contributed by atoms with Crippen LogP contribution in [-0.4, -0.2) is 53.1 Å². The van der Waals surface area contributed by atoms with Gasteiger partial charge in [0.1, 0.15) is 11.1 Å². The van der Waals surface area contributed by atoms with Crippen LogP contribution in [0, 0.1) is 0 Å². The summed E-state index contributed by atoms with van der Waals surface area (Å²) in [5.74, 6) is -0.832. The van der Waals surface area contributed by atoms with Crippen molar-refractivity contribution >= 4 is 11.8 Å². The minimum absolute atomic E-state index is 0.00873. The molecule has 7 nitrogen and oxygen atoms in total. The number of pyridine rings is 1. The van der Waals surface area contributed by atoms with Crippen molar-refractivity contribution in [2.45, 2.75) is 76.5 Å². The molecule has 1 N–H and O–H groups in total. The highest BCUT2D eigenvalue weighted by Crippen LogP contribution is 2.18. The molecule has 180 valence electrons. The summed E-state index contributed by atoms with van der Waals surface area (Å²) in [5, 5.41) is 3.07. The molecule has 1 aliphatic carbocycles. The van der Waals surface area contributed by atoms with Crippen LogP contribution in [-0.2, 0) is 11.3 Å². The van der Waals surface area contributed by atoms with Crippen molar-refractivity contribution in [2.75, 3.05) is 19.7 Å². The second-order valence-electron chi connectivity index (χ2n) is 9.05. The van der Waals surface area contributed by atoms with Crippen LogP contribution in [0.15, 0.2) is 42.5 Å². The van der Waals surface area contributed by atoms with Crippen molar-refractivity contribution in [1.29, 1.82) is 0 Å². The van der Waals surface area contributed by atoms with E-state index in [9.17, 15) is 14.4 Å². The number of nitrogens with zero attached hydrogens (tertiary/aromatic N) is 2. The molecule has 1 aliphatic heterocycles. The van der Waals surface area contributed by atoms with Gasteiger partial charge in [-0.15, -0.1) is 13.2 Å². The van der Waals surface area contributed by atoms with E-state index in [1.54, 1.807) is 29.1 Å². The summed E-state index contributed by atoms with van der Waals surface area (Å²) >= 11 is 0. The van der Waals surface area contributed by atoms with Crippen molar-refractivity contribution in [3.05, 3.63) is 59.1 Å². The Balaban J connectivity index is 1.91. The Labute approximate surface area is 196 Å². The molecule has 2 fully saturated rings. The first kappa shape index (κ1) is 25.0. The molecule has 1 saturated heterocycles. The van der Waals surface area contributed by atoms with Crippen LogP contribution >= 0.6 is 0 Å². The van der Waals surface area contributed by atoms with Gasteiger partial charge in [-0.1, -0.05) is 44.3 Å². The molecular formula is C26H37N3O4. The van der Waals surface area contributed by atoms with Crippen molar-refractivity contribution in [1.82, 2.24) is 14.8 Å². The number of rotatable bonds is 9. The first-order valence-corrected chi connectivity index (χ1v) is 12.2. The predicted molar refractivity (Wildman–Crippen MR) is 130 cm³/mol. The van der Waals surface area contributed by atoms with Crippen LogP contribution in [0.4, 0.5) is 0 Å². The SMILES string of the molecule is C=CCN(CC=C)C(=O)c1cn(C[C@H]2CCCO2)cc(C(=O)NC2CCCCCCC2)c1=O. The molecule has 7 heteroatoms. The normalized spacial score (nSPS) is 19.3. The van der Waals surface area contributed by atoms with Crippen molar-refractivity contribution in [3.8, 4) is 0 Å². The van der Waals surface area contributed by atoms with E-state index in [-0.39, 0.29) is 36.4 Å². The minimum Gasteiger partial charge on any atom is -0.376 e. The molecule has 33 heavy (non-hydrogen) atoms. The molecule has 2 aliphatic rings. The lowest BCUT2D eigenvalue weighted by molar-refractivity contribution is 0.0785. The highest BCUT2D eigenvalue weighted by Gasteiger charge is 2.25. The number of hydrogen-bond acceptors (Lipinski definition) is 4. The Morgan fingerprint density at radius 3 is 2.24 bits per heavy atom. The van der Waals surface area contributed by atoms with E-state index in [0.29, 0.717) is 13.2 Å². The van der Waals surface area contributed by atoms with Crippen LogP contribution in [0.3, 0.4) is 0 Å². The third-order valence-corrected chi connectivity index (χ3v) is 6.42. The standard InChI is InChI=1S/C26H37N3O4/c1-3-14-29(15-4-2)26(32)23-19-28(17-21-13-10-16-33-21)18-22(24(23)30)25(31)27-20-11-8-6-5-7-9-12-20/h3-4,18-21H,1-2,5-17H2,(H,27,31)/t21-/m1/s1. The molecule has 3 rings (SSSR count). The Morgan fingerprint density at radius 2 is 1.64 bits per heavy atom. The first-order chi connectivity index (χ1) is 16.0. The highest BCUT2D eigenvalue weighted by atomic mass is 16.5. The molecule has 0 radical (unpaired) electrons. The number of carbonyl (C=O) groups excluding carboxylic acids is 2. The quantitative estimate of drug-likeness (QED) is 0.576. The molecular weight excluding hydrogens is 418 g/mol. The zero-order valence-electron chi connectivity index (χ0n) is 19.6. The van der Waals surface area contributed by atoms with Gasteiger partial charge < -0.3 is 19.5 Å². The topological polar surface area (TPSA) is 80.6 Å². The van der Waals surface area contributed by atoms with Gasteiger partial charge >= 0.3 is 0 Å². The summed E-state index contributed by atoms with van der Waals surface area (Å²) in [6.45, 7) is 9.17. The smallest absolute Gasteiger partial charge is 0.259 e. The number of ether oxygens (including phenoxy) is 1. The minimum atomic E-state index is -0.537. The zero-order chi connectivity index (χ0) is 23.6. The van der Waals surface area contributed by atoms with Crippen LogP contribution in [0.2, 0.25) is 0 Å². The second-order valence-corrected chi connectivity index (χ2v) is 9.05. The summed E-state index contributed by atoms with van der Waals surface area (Å²) < 4.78 is 7.50. The van der Waals surface area contributed by atoms with Crippen molar-refractivity contribution < 1.29 is 14.3 Å². The van der Waals surface area contributed by atoms with Gasteiger partial charge in [-0.05, 0) is 25.7 Å². The molecule has 1 aromatic heterocycles. The average molecular weight is 456 g/mol. The monoisotopic (exact) mass is 455 g/mol. The summed E-state index contributed by atoms with van der Waals surface area (Å²) in [6, 6.07) is 0.0567. The lowest BCUT2D eigenvalue weighted by Gasteiger charge is -2.23. The van der Waals surface area contributed by atoms with Crippen LogP contribution in [0.1, 0.15) is 78.5 Å². The molecule has 0 bridgehead atoms. The maximum absolute atomic E-state index is 13.3. The maximum Gasteiger partial charge on any atom is 0.259 e. The van der Waals surface area contributed by atoms with Gasteiger partial charge in [-0.25, -0.2) is 0 Å². The van der Waals surface area contributed by atoms with E-state index >= 15 is 0 Å². The Hall–Kier alpha value is -2.67. The van der Waals surface area contributed by atoms with E-state index in [1.165, 1.54) is 24.2 Å². The third kappa shape index (κ3) is 6.90. The lowest BCUT2D eigenvalue weighted by atomic mass is 9.96. The van der Waals surface area contributed by atoms with E-state index in [1.807, 2.05) is 0 Å². The van der Waals surface area contributed by atoms with Gasteiger partial charge in [0.15, 0.2) is 0 Å². The first-order valence-electron chi connectivity index (χ1n) is 12.2. The highest BCUT2D eigenvalue weighted by molar-refractivity contribution is 5.99. The molecule has 0 spiro atoms. The van der Waals surface area contributed by atoms with Crippen LogP contribution < -0.4 is 10.7 Å². The second kappa shape index (κ2) is 12.5. The number of nitrogens with one attached hydrogen (secondary N) is 1. The molecule has 0 aromatic carbocycles. The fourth-order valence-electron chi connectivity index (χ4n) is 4.66. The van der Waals surface area contributed by atoms with Crippen LogP contribution in [0.5, 0.6) is 0 Å². The molecule has 2 amide bonds. The third-order valence-electron chi connectivity index (χ3n) is 6.42. The molecule has 1 saturated carbocycles. The van der Waals surface area contributed by atoms with E-state index in [0.717, 1.165) is 38.5 Å². The summed E-state index contributed by atoms with van der Waals surface area (Å²) in [4.78, 5) is 41.2. The average Bonchev–Trinajstić information content (AvgIpc) is 3.29. The van der Waals surface area contributed by atoms with E-state index < -0.39 is 17.2 Å². The van der Waals surface area contributed by atoms with Gasteiger partial charge in [-0.2, -0.15) is 0 Å². The zero-order valence-corrected chi connectivity index (χ0v) is 19.6. The van der Waals surface area contributed by atoms with E-state index in [4.69, 9.17) is 4.74 Å². The Bertz CT molecular complexity index is 883. The van der Waals surface area contributed by atoms with E-state index in [2.05, 4.69) is 18.5 Å². The largest absolute Gasteiger partial charge is 0.376 e. The van der Waals surface area contributed by atoms with Crippen molar-refractivity contribution in [3.63, 3.8) is 0 Å². The summed E-state index contributed by atoms with van der Waals surface area (Å²) in [7, 11) is 0. The van der Waals surface area contributed by atoms with Gasteiger partial charge in [0.2, 0.25) is 5.43 Å². The number of hydrogen-bond donors (Lipinski definition) is 1. The lowest BCUT2D eigenvalue weighted by Crippen LogP contribution is -2.41. The maximum atomic E-state index is 13.3.